The molecule has 0 aliphatic heterocycles. The molecule has 4 aromatic rings. The minimum absolute atomic E-state index is 0.266. The lowest BCUT2D eigenvalue weighted by atomic mass is 9.99. The Kier molecular flexibility index (Phi) is 4.62. The van der Waals surface area contributed by atoms with Crippen LogP contribution in [-0.2, 0) is 6.18 Å². The van der Waals surface area contributed by atoms with Crippen LogP contribution in [0.4, 0.5) is 24.8 Å². The average Bonchev–Trinajstić information content (AvgIpc) is 2.70. The summed E-state index contributed by atoms with van der Waals surface area (Å²) in [6.07, 6.45) is -0.476. The molecule has 0 spiro atoms. The maximum Gasteiger partial charge on any atom is 0.417 e. The Hall–Kier alpha value is -3.55. The normalized spacial score (nSPS) is 11.6. The molecule has 4 rings (SSSR count). The number of benzene rings is 1. The minimum Gasteiger partial charge on any atom is -0.325 e. The third-order valence-corrected chi connectivity index (χ3v) is 4.70. The summed E-state index contributed by atoms with van der Waals surface area (Å²) in [6.45, 7) is 3.83. The molecule has 5 nitrogen and oxygen atoms in total. The highest BCUT2D eigenvalue weighted by Crippen LogP contribution is 2.32. The van der Waals surface area contributed by atoms with Gasteiger partial charge in [-0.15, -0.1) is 0 Å². The number of fused-ring (bicyclic) bond motifs is 1. The third-order valence-electron chi connectivity index (χ3n) is 4.70. The molecule has 0 unspecified atom stereocenters. The molecule has 3 aromatic heterocycles. The maximum absolute atomic E-state index is 12.7. The molecule has 0 radical (unpaired) electrons. The van der Waals surface area contributed by atoms with E-state index in [1.165, 1.54) is 12.4 Å². The zero-order valence-corrected chi connectivity index (χ0v) is 15.6. The second-order valence-corrected chi connectivity index (χ2v) is 6.56. The summed E-state index contributed by atoms with van der Waals surface area (Å²) in [7, 11) is 0. The SMILES string of the molecule is Cc1c(Nc2ccc(C(F)(F)F)cn2)ncnc1-c1ccc2cccnc2c1C. The number of hydrogen-bond acceptors (Lipinski definition) is 5. The number of hydrogen-bond donors (Lipinski definition) is 1. The van der Waals surface area contributed by atoms with Crippen LogP contribution in [-0.4, -0.2) is 19.9 Å². The van der Waals surface area contributed by atoms with Gasteiger partial charge in [-0.25, -0.2) is 15.0 Å². The minimum atomic E-state index is -4.43. The van der Waals surface area contributed by atoms with Crippen LogP contribution in [0.3, 0.4) is 0 Å². The van der Waals surface area contributed by atoms with Gasteiger partial charge in [-0.3, -0.25) is 4.98 Å². The molecule has 0 atom stereocenters. The summed E-state index contributed by atoms with van der Waals surface area (Å²) < 4.78 is 38.1. The summed E-state index contributed by atoms with van der Waals surface area (Å²) in [4.78, 5) is 16.9. The van der Waals surface area contributed by atoms with Crippen LogP contribution >= 0.6 is 0 Å². The average molecular weight is 395 g/mol. The molecule has 1 N–H and O–H groups in total. The molecule has 0 saturated carbocycles. The van der Waals surface area contributed by atoms with Crippen molar-refractivity contribution >= 4 is 22.5 Å². The molecular formula is C21H16F3N5. The topological polar surface area (TPSA) is 63.6 Å². The smallest absolute Gasteiger partial charge is 0.325 e. The number of rotatable bonds is 3. The van der Waals surface area contributed by atoms with Gasteiger partial charge in [0, 0.05) is 28.9 Å². The van der Waals surface area contributed by atoms with Gasteiger partial charge in [0.25, 0.3) is 0 Å². The molecule has 0 fully saturated rings. The maximum atomic E-state index is 12.7. The Morgan fingerprint density at radius 1 is 0.862 bits per heavy atom. The van der Waals surface area contributed by atoms with Crippen LogP contribution in [0.5, 0.6) is 0 Å². The number of aryl methyl sites for hydroxylation is 1. The number of pyridine rings is 2. The van der Waals surface area contributed by atoms with Crippen molar-refractivity contribution in [3.8, 4) is 11.3 Å². The standard InChI is InChI=1S/C21H16F3N5/c1-12-16(7-5-14-4-3-9-25-18(12)14)19-13(2)20(28-11-27-19)29-17-8-6-15(10-26-17)21(22,23)24/h3-11H,1-2H3,(H,26,27,28,29). The van der Waals surface area contributed by atoms with Gasteiger partial charge in [0.2, 0.25) is 0 Å². The fourth-order valence-electron chi connectivity index (χ4n) is 3.15. The number of aromatic nitrogens is 4. The van der Waals surface area contributed by atoms with E-state index < -0.39 is 11.7 Å². The molecule has 146 valence electrons. The largest absolute Gasteiger partial charge is 0.417 e. The Morgan fingerprint density at radius 2 is 1.69 bits per heavy atom. The van der Waals surface area contributed by atoms with E-state index in [-0.39, 0.29) is 5.82 Å². The predicted octanol–water partition coefficient (Wildman–Crippen LogP) is 5.47. The molecule has 0 aliphatic rings. The number of halogens is 3. The molecule has 29 heavy (non-hydrogen) atoms. The quantitative estimate of drug-likeness (QED) is 0.499. The van der Waals surface area contributed by atoms with Crippen LogP contribution in [0.1, 0.15) is 16.7 Å². The Balaban J connectivity index is 1.71. The molecule has 8 heteroatoms. The fourth-order valence-corrected chi connectivity index (χ4v) is 3.15. The summed E-state index contributed by atoms with van der Waals surface area (Å²) in [5.41, 5.74) is 3.47. The van der Waals surface area contributed by atoms with Crippen molar-refractivity contribution in [3.05, 3.63) is 71.8 Å². The van der Waals surface area contributed by atoms with E-state index in [4.69, 9.17) is 0 Å². The van der Waals surface area contributed by atoms with Gasteiger partial charge in [0.15, 0.2) is 0 Å². The first kappa shape index (κ1) is 18.8. The molecule has 0 bridgehead atoms. The number of alkyl halides is 3. The van der Waals surface area contributed by atoms with Gasteiger partial charge in [-0.05, 0) is 37.6 Å². The van der Waals surface area contributed by atoms with E-state index in [2.05, 4.69) is 25.3 Å². The highest BCUT2D eigenvalue weighted by atomic mass is 19.4. The molecule has 3 heterocycles. The summed E-state index contributed by atoms with van der Waals surface area (Å²) >= 11 is 0. The first-order valence-electron chi connectivity index (χ1n) is 8.81. The van der Waals surface area contributed by atoms with E-state index in [0.717, 1.165) is 45.6 Å². The summed E-state index contributed by atoms with van der Waals surface area (Å²) in [5.74, 6) is 0.741. The van der Waals surface area contributed by atoms with Crippen LogP contribution in [0.15, 0.2) is 55.1 Å². The monoisotopic (exact) mass is 395 g/mol. The zero-order valence-electron chi connectivity index (χ0n) is 15.6. The molecule has 0 aliphatic carbocycles. The van der Waals surface area contributed by atoms with Gasteiger partial charge in [0.05, 0.1) is 16.8 Å². The highest BCUT2D eigenvalue weighted by molar-refractivity contribution is 5.88. The van der Waals surface area contributed by atoms with E-state index in [1.54, 1.807) is 6.20 Å². The number of nitrogens with one attached hydrogen (secondary N) is 1. The van der Waals surface area contributed by atoms with Crippen molar-refractivity contribution in [2.75, 3.05) is 5.32 Å². The fraction of sp³-hybridized carbons (Fsp3) is 0.143. The zero-order chi connectivity index (χ0) is 20.6. The van der Waals surface area contributed by atoms with Crippen molar-refractivity contribution in [1.82, 2.24) is 19.9 Å². The number of anilines is 2. The molecular weight excluding hydrogens is 379 g/mol. The lowest BCUT2D eigenvalue weighted by molar-refractivity contribution is -0.137. The van der Waals surface area contributed by atoms with E-state index in [1.807, 2.05) is 38.1 Å². The van der Waals surface area contributed by atoms with Gasteiger partial charge < -0.3 is 5.32 Å². The van der Waals surface area contributed by atoms with Crippen LogP contribution in [0.25, 0.3) is 22.2 Å². The third kappa shape index (κ3) is 3.61. The predicted molar refractivity (Wildman–Crippen MR) is 105 cm³/mol. The van der Waals surface area contributed by atoms with Crippen LogP contribution in [0.2, 0.25) is 0 Å². The van der Waals surface area contributed by atoms with Crippen molar-refractivity contribution < 1.29 is 13.2 Å². The lowest BCUT2D eigenvalue weighted by Gasteiger charge is -2.14. The summed E-state index contributed by atoms with van der Waals surface area (Å²) in [5, 5.41) is 4.01. The van der Waals surface area contributed by atoms with Gasteiger partial charge >= 0.3 is 6.18 Å². The van der Waals surface area contributed by atoms with E-state index in [9.17, 15) is 13.2 Å². The van der Waals surface area contributed by atoms with Crippen molar-refractivity contribution in [2.45, 2.75) is 20.0 Å². The van der Waals surface area contributed by atoms with E-state index in [0.29, 0.717) is 5.82 Å². The second-order valence-electron chi connectivity index (χ2n) is 6.56. The van der Waals surface area contributed by atoms with Crippen molar-refractivity contribution in [1.29, 1.82) is 0 Å². The first-order valence-corrected chi connectivity index (χ1v) is 8.81. The lowest BCUT2D eigenvalue weighted by Crippen LogP contribution is -2.06. The van der Waals surface area contributed by atoms with Crippen molar-refractivity contribution in [3.63, 3.8) is 0 Å². The van der Waals surface area contributed by atoms with Crippen molar-refractivity contribution in [2.24, 2.45) is 0 Å². The molecule has 0 amide bonds. The number of nitrogens with zero attached hydrogens (tertiary/aromatic N) is 4. The van der Waals surface area contributed by atoms with Gasteiger partial charge in [-0.2, -0.15) is 13.2 Å². The van der Waals surface area contributed by atoms with Gasteiger partial charge in [-0.1, -0.05) is 18.2 Å². The molecule has 1 aromatic carbocycles. The van der Waals surface area contributed by atoms with Gasteiger partial charge in [0.1, 0.15) is 18.0 Å². The Bertz CT molecular complexity index is 1190. The van der Waals surface area contributed by atoms with Crippen LogP contribution < -0.4 is 5.32 Å². The van der Waals surface area contributed by atoms with Crippen LogP contribution in [0, 0.1) is 13.8 Å². The van der Waals surface area contributed by atoms with E-state index >= 15 is 0 Å². The first-order chi connectivity index (χ1) is 13.8. The Morgan fingerprint density at radius 3 is 2.41 bits per heavy atom. The summed E-state index contributed by atoms with van der Waals surface area (Å²) in [6, 6.07) is 10.1. The second kappa shape index (κ2) is 7.12. The Labute approximate surface area is 164 Å². The molecule has 0 saturated heterocycles. The highest BCUT2D eigenvalue weighted by Gasteiger charge is 2.30.